The van der Waals surface area contributed by atoms with Gasteiger partial charge in [0.25, 0.3) is 5.91 Å². The normalized spacial score (nSPS) is 16.0. The second-order valence-corrected chi connectivity index (χ2v) is 6.96. The summed E-state index contributed by atoms with van der Waals surface area (Å²) < 4.78 is 0. The van der Waals surface area contributed by atoms with Crippen LogP contribution in [0.3, 0.4) is 0 Å². The lowest BCUT2D eigenvalue weighted by Gasteiger charge is -2.23. The van der Waals surface area contributed by atoms with E-state index in [1.54, 1.807) is 31.2 Å². The average molecular weight is 389 g/mol. The molecule has 1 aromatic carbocycles. The van der Waals surface area contributed by atoms with Crippen LogP contribution in [0.25, 0.3) is 0 Å². The Bertz CT molecular complexity index is 825. The van der Waals surface area contributed by atoms with Gasteiger partial charge in [0.15, 0.2) is 5.69 Å². The van der Waals surface area contributed by atoms with E-state index in [0.717, 1.165) is 25.9 Å². The van der Waals surface area contributed by atoms with E-state index in [-0.39, 0.29) is 10.7 Å². The third-order valence-electron chi connectivity index (χ3n) is 4.67. The van der Waals surface area contributed by atoms with Crippen molar-refractivity contribution in [3.8, 4) is 0 Å². The van der Waals surface area contributed by atoms with E-state index >= 15 is 0 Å². The summed E-state index contributed by atoms with van der Waals surface area (Å²) in [6, 6.07) is 8.27. The number of nitrogens with zero attached hydrogens (tertiary/aromatic N) is 3. The van der Waals surface area contributed by atoms with Crippen LogP contribution in [0.15, 0.2) is 36.5 Å². The van der Waals surface area contributed by atoms with Crippen molar-refractivity contribution in [2.75, 3.05) is 18.0 Å². The maximum absolute atomic E-state index is 12.8. The lowest BCUT2D eigenvalue weighted by Crippen LogP contribution is -2.36. The summed E-state index contributed by atoms with van der Waals surface area (Å²) in [5, 5.41) is 12.3. The van der Waals surface area contributed by atoms with Crippen LogP contribution in [0.4, 0.5) is 5.95 Å². The van der Waals surface area contributed by atoms with Gasteiger partial charge < -0.3 is 15.3 Å². The highest BCUT2D eigenvalue weighted by molar-refractivity contribution is 6.33. The van der Waals surface area contributed by atoms with Crippen LogP contribution in [-0.2, 0) is 4.79 Å². The molecule has 2 N–H and O–H groups in total. The summed E-state index contributed by atoms with van der Waals surface area (Å²) in [6.07, 6.45) is 3.52. The quantitative estimate of drug-likeness (QED) is 0.790. The number of carboxylic acid groups (broad SMARTS) is 1. The number of benzene rings is 1. The molecule has 7 nitrogen and oxygen atoms in total. The van der Waals surface area contributed by atoms with Gasteiger partial charge in [-0.25, -0.2) is 9.97 Å². The fraction of sp³-hybridized carbons (Fsp3) is 0.368. The number of halogens is 1. The van der Waals surface area contributed by atoms with Gasteiger partial charge in [-0.2, -0.15) is 0 Å². The molecule has 0 radical (unpaired) electrons. The molecule has 1 saturated heterocycles. The van der Waals surface area contributed by atoms with Crippen molar-refractivity contribution in [2.45, 2.75) is 25.8 Å². The average Bonchev–Trinajstić information content (AvgIpc) is 3.21. The SMILES string of the molecule is C[C@H](C(=O)O)[C@H](NC(=O)c1nc(N2CCCC2)ncc1Cl)c1ccccc1. The van der Waals surface area contributed by atoms with Gasteiger partial charge in [0.2, 0.25) is 5.95 Å². The number of aromatic nitrogens is 2. The van der Waals surface area contributed by atoms with Crippen molar-refractivity contribution in [3.05, 3.63) is 52.8 Å². The fourth-order valence-corrected chi connectivity index (χ4v) is 3.27. The zero-order valence-electron chi connectivity index (χ0n) is 14.9. The first-order chi connectivity index (χ1) is 13.0. The molecule has 0 unspecified atom stereocenters. The highest BCUT2D eigenvalue weighted by Gasteiger charge is 2.28. The highest BCUT2D eigenvalue weighted by atomic mass is 35.5. The molecule has 1 amide bonds. The number of amides is 1. The van der Waals surface area contributed by atoms with Gasteiger partial charge in [-0.15, -0.1) is 0 Å². The van der Waals surface area contributed by atoms with Crippen molar-refractivity contribution >= 4 is 29.4 Å². The molecular weight excluding hydrogens is 368 g/mol. The topological polar surface area (TPSA) is 95.4 Å². The number of aliphatic carboxylic acids is 1. The molecule has 2 atom stereocenters. The molecule has 1 aliphatic heterocycles. The van der Waals surface area contributed by atoms with E-state index in [1.807, 2.05) is 11.0 Å². The Kier molecular flexibility index (Phi) is 5.91. The third kappa shape index (κ3) is 4.36. The van der Waals surface area contributed by atoms with Crippen LogP contribution >= 0.6 is 11.6 Å². The maximum Gasteiger partial charge on any atom is 0.308 e. The van der Waals surface area contributed by atoms with Gasteiger partial charge in [0.05, 0.1) is 23.2 Å². The van der Waals surface area contributed by atoms with E-state index in [2.05, 4.69) is 15.3 Å². The summed E-state index contributed by atoms with van der Waals surface area (Å²) in [7, 11) is 0. The minimum Gasteiger partial charge on any atom is -0.481 e. The van der Waals surface area contributed by atoms with Gasteiger partial charge in [-0.05, 0) is 25.3 Å². The lowest BCUT2D eigenvalue weighted by atomic mass is 9.94. The van der Waals surface area contributed by atoms with Gasteiger partial charge in [-0.1, -0.05) is 41.9 Å². The molecule has 3 rings (SSSR count). The molecule has 0 bridgehead atoms. The molecule has 0 saturated carbocycles. The van der Waals surface area contributed by atoms with E-state index in [1.165, 1.54) is 6.20 Å². The van der Waals surface area contributed by atoms with Crippen molar-refractivity contribution in [2.24, 2.45) is 5.92 Å². The second-order valence-electron chi connectivity index (χ2n) is 6.55. The van der Waals surface area contributed by atoms with Crippen molar-refractivity contribution in [1.29, 1.82) is 0 Å². The van der Waals surface area contributed by atoms with E-state index in [9.17, 15) is 14.7 Å². The smallest absolute Gasteiger partial charge is 0.308 e. The zero-order chi connectivity index (χ0) is 19.4. The number of anilines is 1. The summed E-state index contributed by atoms with van der Waals surface area (Å²) in [6.45, 7) is 3.23. The Balaban J connectivity index is 1.87. The van der Waals surface area contributed by atoms with E-state index in [4.69, 9.17) is 11.6 Å². The molecular formula is C19H21ClN4O3. The van der Waals surface area contributed by atoms with Crippen LogP contribution in [-0.4, -0.2) is 40.0 Å². The van der Waals surface area contributed by atoms with Gasteiger partial charge >= 0.3 is 5.97 Å². The Morgan fingerprint density at radius 3 is 2.52 bits per heavy atom. The lowest BCUT2D eigenvalue weighted by molar-refractivity contribution is -0.142. The number of rotatable bonds is 6. The third-order valence-corrected chi connectivity index (χ3v) is 4.95. The molecule has 142 valence electrons. The van der Waals surface area contributed by atoms with Gasteiger partial charge in [0, 0.05) is 13.1 Å². The summed E-state index contributed by atoms with van der Waals surface area (Å²) in [5.74, 6) is -1.89. The molecule has 2 aromatic rings. The minimum atomic E-state index is -1.00. The Morgan fingerprint density at radius 2 is 1.89 bits per heavy atom. The van der Waals surface area contributed by atoms with E-state index < -0.39 is 23.8 Å². The molecule has 0 spiro atoms. The standard InChI is InChI=1S/C19H21ClN4O3/c1-12(18(26)27)15(13-7-3-2-4-8-13)22-17(25)16-14(20)11-21-19(23-16)24-9-5-6-10-24/h2-4,7-8,11-12,15H,5-6,9-10H2,1H3,(H,22,25)(H,26,27)/t12-,15-/m0/s1. The predicted octanol–water partition coefficient (Wildman–Crippen LogP) is 2.92. The van der Waals surface area contributed by atoms with E-state index in [0.29, 0.717) is 11.5 Å². The largest absolute Gasteiger partial charge is 0.481 e. The molecule has 2 heterocycles. The predicted molar refractivity (Wildman–Crippen MR) is 102 cm³/mol. The molecule has 1 aliphatic rings. The van der Waals surface area contributed by atoms with Crippen LogP contribution in [0.1, 0.15) is 41.9 Å². The van der Waals surface area contributed by atoms with Crippen LogP contribution < -0.4 is 10.2 Å². The number of carboxylic acids is 1. The Hall–Kier alpha value is -2.67. The summed E-state index contributed by atoms with van der Waals surface area (Å²) >= 11 is 6.15. The second kappa shape index (κ2) is 8.35. The fourth-order valence-electron chi connectivity index (χ4n) is 3.10. The molecule has 27 heavy (non-hydrogen) atoms. The number of nitrogens with one attached hydrogen (secondary N) is 1. The van der Waals surface area contributed by atoms with Gasteiger partial charge in [-0.3, -0.25) is 9.59 Å². The highest BCUT2D eigenvalue weighted by Crippen LogP contribution is 2.25. The van der Waals surface area contributed by atoms with Crippen LogP contribution in [0, 0.1) is 5.92 Å². The first-order valence-corrected chi connectivity index (χ1v) is 9.21. The molecule has 1 aromatic heterocycles. The number of carbonyl (C=O) groups excluding carboxylic acids is 1. The summed E-state index contributed by atoms with van der Waals surface area (Å²) in [5.41, 5.74) is 0.748. The zero-order valence-corrected chi connectivity index (χ0v) is 15.7. The monoisotopic (exact) mass is 388 g/mol. The first kappa shape index (κ1) is 19.1. The van der Waals surface area contributed by atoms with Crippen LogP contribution in [0.2, 0.25) is 5.02 Å². The minimum absolute atomic E-state index is 0.0482. The Labute approximate surface area is 162 Å². The number of carbonyl (C=O) groups is 2. The molecule has 1 fully saturated rings. The van der Waals surface area contributed by atoms with Crippen molar-refractivity contribution < 1.29 is 14.7 Å². The maximum atomic E-state index is 12.8. The van der Waals surface area contributed by atoms with Gasteiger partial charge in [0.1, 0.15) is 0 Å². The summed E-state index contributed by atoms with van der Waals surface area (Å²) in [4.78, 5) is 34.9. The molecule has 8 heteroatoms. The number of hydrogen-bond donors (Lipinski definition) is 2. The van der Waals surface area contributed by atoms with Crippen LogP contribution in [0.5, 0.6) is 0 Å². The number of hydrogen-bond acceptors (Lipinski definition) is 5. The van der Waals surface area contributed by atoms with Crippen molar-refractivity contribution in [1.82, 2.24) is 15.3 Å². The van der Waals surface area contributed by atoms with Crippen molar-refractivity contribution in [3.63, 3.8) is 0 Å². The Morgan fingerprint density at radius 1 is 1.22 bits per heavy atom. The first-order valence-electron chi connectivity index (χ1n) is 8.83. The molecule has 0 aliphatic carbocycles.